The quantitative estimate of drug-likeness (QED) is 0.671. The van der Waals surface area contributed by atoms with E-state index >= 15 is 0 Å². The summed E-state index contributed by atoms with van der Waals surface area (Å²) in [4.78, 5) is 12.0. The van der Waals surface area contributed by atoms with E-state index in [1.54, 1.807) is 0 Å². The van der Waals surface area contributed by atoms with Gasteiger partial charge in [-0.25, -0.2) is 0 Å². The van der Waals surface area contributed by atoms with Crippen molar-refractivity contribution in [3.8, 4) is 16.9 Å². The molecule has 1 heterocycles. The van der Waals surface area contributed by atoms with Gasteiger partial charge in [-0.15, -0.1) is 12.4 Å². The average Bonchev–Trinajstić information content (AvgIpc) is 2.71. The summed E-state index contributed by atoms with van der Waals surface area (Å²) in [5, 5.41) is 6.33. The minimum absolute atomic E-state index is 0. The fraction of sp³-hybridized carbons (Fsp3) is 0.409. The third-order valence-electron chi connectivity index (χ3n) is 4.89. The van der Waals surface area contributed by atoms with Crippen molar-refractivity contribution >= 4 is 18.3 Å². The summed E-state index contributed by atoms with van der Waals surface area (Å²) in [5.41, 5.74) is 2.21. The lowest BCUT2D eigenvalue weighted by Crippen LogP contribution is -2.30. The highest BCUT2D eigenvalue weighted by Crippen LogP contribution is 2.29. The van der Waals surface area contributed by atoms with Crippen molar-refractivity contribution in [3.05, 3.63) is 54.6 Å². The van der Waals surface area contributed by atoms with Crippen LogP contribution in [-0.2, 0) is 4.79 Å². The van der Waals surface area contributed by atoms with Gasteiger partial charge in [0.25, 0.3) is 0 Å². The van der Waals surface area contributed by atoms with E-state index < -0.39 is 0 Å². The van der Waals surface area contributed by atoms with Crippen molar-refractivity contribution < 1.29 is 9.53 Å². The number of carbonyl (C=O) groups excluding carboxylic acids is 1. The first-order chi connectivity index (χ1) is 12.8. The van der Waals surface area contributed by atoms with Crippen molar-refractivity contribution in [3.63, 3.8) is 0 Å². The highest BCUT2D eigenvalue weighted by Gasteiger charge is 2.14. The topological polar surface area (TPSA) is 50.4 Å². The SMILES string of the molecule is Cl.O=C(CCC1CCNCC1)NCCOc1ccccc1-c1ccccc1. The molecule has 5 heteroatoms. The Morgan fingerprint density at radius 2 is 1.74 bits per heavy atom. The first-order valence-electron chi connectivity index (χ1n) is 9.57. The molecule has 1 aliphatic heterocycles. The highest BCUT2D eigenvalue weighted by atomic mass is 35.5. The molecular weight excluding hydrogens is 360 g/mol. The molecule has 0 aliphatic carbocycles. The van der Waals surface area contributed by atoms with E-state index in [4.69, 9.17) is 4.74 Å². The molecular formula is C22H29ClN2O2. The molecule has 0 spiro atoms. The summed E-state index contributed by atoms with van der Waals surface area (Å²) in [5.74, 6) is 1.67. The van der Waals surface area contributed by atoms with Gasteiger partial charge in [0.05, 0.1) is 6.54 Å². The standard InChI is InChI=1S/C22H28N2O2.ClH/c25-22(11-10-18-12-14-23-15-13-18)24-16-17-26-21-9-5-4-8-20(21)19-6-2-1-3-7-19;/h1-9,18,23H,10-17H2,(H,24,25);1H. The van der Waals surface area contributed by atoms with Crippen molar-refractivity contribution in [1.82, 2.24) is 10.6 Å². The maximum atomic E-state index is 12.0. The number of hydrogen-bond donors (Lipinski definition) is 2. The maximum absolute atomic E-state index is 12.0. The number of piperidine rings is 1. The van der Waals surface area contributed by atoms with Gasteiger partial charge in [0.2, 0.25) is 5.91 Å². The number of halogens is 1. The molecule has 146 valence electrons. The van der Waals surface area contributed by atoms with Crippen LogP contribution in [0, 0.1) is 5.92 Å². The Morgan fingerprint density at radius 3 is 2.52 bits per heavy atom. The first-order valence-corrected chi connectivity index (χ1v) is 9.57. The van der Waals surface area contributed by atoms with Crippen molar-refractivity contribution in [1.29, 1.82) is 0 Å². The Balaban J connectivity index is 0.00000261. The lowest BCUT2D eigenvalue weighted by Gasteiger charge is -2.22. The molecule has 1 aliphatic rings. The van der Waals surface area contributed by atoms with Gasteiger partial charge in [-0.05, 0) is 49.9 Å². The van der Waals surface area contributed by atoms with E-state index in [1.165, 1.54) is 12.8 Å². The fourth-order valence-electron chi connectivity index (χ4n) is 3.39. The molecule has 2 N–H and O–H groups in total. The molecule has 1 amide bonds. The average molecular weight is 389 g/mol. The molecule has 0 unspecified atom stereocenters. The van der Waals surface area contributed by atoms with E-state index in [1.807, 2.05) is 36.4 Å². The molecule has 1 fully saturated rings. The van der Waals surface area contributed by atoms with Crippen molar-refractivity contribution in [2.75, 3.05) is 26.2 Å². The third-order valence-corrected chi connectivity index (χ3v) is 4.89. The second-order valence-electron chi connectivity index (χ2n) is 6.79. The first kappa shape index (κ1) is 21.3. The molecule has 0 aromatic heterocycles. The molecule has 2 aromatic rings. The molecule has 0 radical (unpaired) electrons. The number of rotatable bonds is 8. The van der Waals surface area contributed by atoms with Crippen LogP contribution in [-0.4, -0.2) is 32.1 Å². The number of benzene rings is 2. The van der Waals surface area contributed by atoms with Gasteiger partial charge in [-0.3, -0.25) is 4.79 Å². The summed E-state index contributed by atoms with van der Waals surface area (Å²) in [6, 6.07) is 18.2. The van der Waals surface area contributed by atoms with Gasteiger partial charge >= 0.3 is 0 Å². The molecule has 27 heavy (non-hydrogen) atoms. The lowest BCUT2D eigenvalue weighted by molar-refractivity contribution is -0.121. The molecule has 4 nitrogen and oxygen atoms in total. The van der Waals surface area contributed by atoms with E-state index in [2.05, 4.69) is 28.8 Å². The summed E-state index contributed by atoms with van der Waals surface area (Å²) in [6.07, 6.45) is 3.98. The Labute approximate surface area is 168 Å². The smallest absolute Gasteiger partial charge is 0.220 e. The number of nitrogens with one attached hydrogen (secondary N) is 2. The van der Waals surface area contributed by atoms with E-state index in [0.29, 0.717) is 25.5 Å². The second kappa shape index (κ2) is 11.6. The van der Waals surface area contributed by atoms with Crippen LogP contribution in [0.3, 0.4) is 0 Å². The normalized spacial score (nSPS) is 14.2. The number of para-hydroxylation sites is 1. The number of carbonyl (C=O) groups is 1. The monoisotopic (exact) mass is 388 g/mol. The molecule has 2 aromatic carbocycles. The largest absolute Gasteiger partial charge is 0.491 e. The Morgan fingerprint density at radius 1 is 1.04 bits per heavy atom. The zero-order valence-electron chi connectivity index (χ0n) is 15.7. The van der Waals surface area contributed by atoms with Crippen LogP contribution in [0.25, 0.3) is 11.1 Å². The zero-order chi connectivity index (χ0) is 18.0. The number of amides is 1. The molecule has 0 atom stereocenters. The second-order valence-corrected chi connectivity index (χ2v) is 6.79. The van der Waals surface area contributed by atoms with Crippen LogP contribution >= 0.6 is 12.4 Å². The summed E-state index contributed by atoms with van der Waals surface area (Å²) in [6.45, 7) is 3.18. The molecule has 0 bridgehead atoms. The van der Waals surface area contributed by atoms with Crippen LogP contribution in [0.4, 0.5) is 0 Å². The van der Waals surface area contributed by atoms with Gasteiger partial charge in [-0.1, -0.05) is 48.5 Å². The van der Waals surface area contributed by atoms with Gasteiger partial charge in [0.15, 0.2) is 0 Å². The minimum Gasteiger partial charge on any atom is -0.491 e. The van der Waals surface area contributed by atoms with Gasteiger partial charge in [-0.2, -0.15) is 0 Å². The number of ether oxygens (including phenoxy) is 1. The summed E-state index contributed by atoms with van der Waals surface area (Å²) >= 11 is 0. The van der Waals surface area contributed by atoms with Gasteiger partial charge < -0.3 is 15.4 Å². The van der Waals surface area contributed by atoms with Crippen LogP contribution < -0.4 is 15.4 Å². The summed E-state index contributed by atoms with van der Waals surface area (Å²) in [7, 11) is 0. The minimum atomic E-state index is 0. The zero-order valence-corrected chi connectivity index (χ0v) is 16.5. The lowest BCUT2D eigenvalue weighted by atomic mass is 9.93. The number of hydrogen-bond acceptors (Lipinski definition) is 3. The predicted molar refractivity (Wildman–Crippen MR) is 112 cm³/mol. The van der Waals surface area contributed by atoms with Gasteiger partial charge in [0, 0.05) is 12.0 Å². The van der Waals surface area contributed by atoms with Crippen LogP contribution in [0.15, 0.2) is 54.6 Å². The summed E-state index contributed by atoms with van der Waals surface area (Å²) < 4.78 is 5.91. The van der Waals surface area contributed by atoms with Crippen molar-refractivity contribution in [2.45, 2.75) is 25.7 Å². The fourth-order valence-corrected chi connectivity index (χ4v) is 3.39. The van der Waals surface area contributed by atoms with Crippen molar-refractivity contribution in [2.24, 2.45) is 5.92 Å². The molecule has 3 rings (SSSR count). The predicted octanol–water partition coefficient (Wildman–Crippen LogP) is 4.05. The van der Waals surface area contributed by atoms with Crippen LogP contribution in [0.5, 0.6) is 5.75 Å². The Hall–Kier alpha value is -2.04. The molecule has 1 saturated heterocycles. The van der Waals surface area contributed by atoms with Crippen LogP contribution in [0.1, 0.15) is 25.7 Å². The maximum Gasteiger partial charge on any atom is 0.220 e. The third kappa shape index (κ3) is 6.89. The molecule has 0 saturated carbocycles. The highest BCUT2D eigenvalue weighted by molar-refractivity contribution is 5.85. The Kier molecular flexibility index (Phi) is 9.16. The van der Waals surface area contributed by atoms with Crippen LogP contribution in [0.2, 0.25) is 0 Å². The van der Waals surface area contributed by atoms with E-state index in [-0.39, 0.29) is 18.3 Å². The Bertz CT molecular complexity index is 688. The van der Waals surface area contributed by atoms with Gasteiger partial charge in [0.1, 0.15) is 12.4 Å². The van der Waals surface area contributed by atoms with E-state index in [0.717, 1.165) is 36.4 Å². The van der Waals surface area contributed by atoms with E-state index in [9.17, 15) is 4.79 Å².